The zero-order valence-corrected chi connectivity index (χ0v) is 14.6. The van der Waals surface area contributed by atoms with Crippen LogP contribution in [0.25, 0.3) is 10.9 Å². The summed E-state index contributed by atoms with van der Waals surface area (Å²) in [4.78, 5) is 23.9. The zero-order valence-electron chi connectivity index (χ0n) is 14.6. The molecule has 0 bridgehead atoms. The molecule has 1 aliphatic heterocycles. The van der Waals surface area contributed by atoms with Crippen molar-refractivity contribution >= 4 is 16.9 Å². The molecule has 26 heavy (non-hydrogen) atoms. The minimum absolute atomic E-state index is 0.000387. The Bertz CT molecular complexity index is 816. The number of benzene rings is 1. The van der Waals surface area contributed by atoms with E-state index in [0.717, 1.165) is 55.9 Å². The molecule has 0 unspecified atom stereocenters. The number of H-pyrrole nitrogens is 1. The van der Waals surface area contributed by atoms with Crippen LogP contribution in [0.2, 0.25) is 0 Å². The number of urea groups is 1. The van der Waals surface area contributed by atoms with Gasteiger partial charge in [0.25, 0.3) is 0 Å². The van der Waals surface area contributed by atoms with Gasteiger partial charge in [0.05, 0.1) is 13.1 Å². The third-order valence-electron chi connectivity index (χ3n) is 4.79. The number of carbonyl (C=O) groups excluding carboxylic acids is 1. The lowest BCUT2D eigenvalue weighted by Gasteiger charge is -2.34. The molecular weight excluding hydrogens is 330 g/mol. The third-order valence-corrected chi connectivity index (χ3v) is 4.79. The van der Waals surface area contributed by atoms with Crippen molar-refractivity contribution in [3.8, 4) is 0 Å². The molecule has 8 nitrogen and oxygen atoms in total. The van der Waals surface area contributed by atoms with Gasteiger partial charge in [-0.05, 0) is 17.5 Å². The van der Waals surface area contributed by atoms with Crippen LogP contribution in [0.15, 0.2) is 43.0 Å². The van der Waals surface area contributed by atoms with Gasteiger partial charge in [-0.1, -0.05) is 18.2 Å². The number of aromatic nitrogens is 4. The van der Waals surface area contributed by atoms with E-state index in [0.29, 0.717) is 6.54 Å². The van der Waals surface area contributed by atoms with Crippen molar-refractivity contribution in [3.63, 3.8) is 0 Å². The van der Waals surface area contributed by atoms with Crippen molar-refractivity contribution in [2.75, 3.05) is 32.7 Å². The van der Waals surface area contributed by atoms with Crippen molar-refractivity contribution in [2.45, 2.75) is 13.1 Å². The molecule has 3 heterocycles. The lowest BCUT2D eigenvalue weighted by molar-refractivity contribution is 0.135. The molecule has 8 heteroatoms. The maximum atomic E-state index is 12.4. The molecule has 2 aromatic heterocycles. The van der Waals surface area contributed by atoms with Crippen LogP contribution in [-0.4, -0.2) is 68.3 Å². The number of aromatic amines is 1. The van der Waals surface area contributed by atoms with Crippen molar-refractivity contribution in [2.24, 2.45) is 0 Å². The summed E-state index contributed by atoms with van der Waals surface area (Å²) in [6.45, 7) is 5.52. The second-order valence-corrected chi connectivity index (χ2v) is 6.53. The van der Waals surface area contributed by atoms with Gasteiger partial charge in [-0.15, -0.1) is 0 Å². The lowest BCUT2D eigenvalue weighted by Crippen LogP contribution is -2.52. The smallest absolute Gasteiger partial charge is 0.317 e. The van der Waals surface area contributed by atoms with E-state index in [9.17, 15) is 4.79 Å². The monoisotopic (exact) mass is 353 g/mol. The van der Waals surface area contributed by atoms with E-state index in [4.69, 9.17) is 0 Å². The summed E-state index contributed by atoms with van der Waals surface area (Å²) < 4.78 is 1.83. The van der Waals surface area contributed by atoms with Gasteiger partial charge in [0.2, 0.25) is 0 Å². The fourth-order valence-electron chi connectivity index (χ4n) is 3.28. The van der Waals surface area contributed by atoms with Crippen LogP contribution in [0.1, 0.15) is 5.69 Å². The van der Waals surface area contributed by atoms with Gasteiger partial charge in [0.1, 0.15) is 12.7 Å². The van der Waals surface area contributed by atoms with Crippen LogP contribution in [-0.2, 0) is 13.1 Å². The standard InChI is InChI=1S/C18H23N7O/c26-18(20-12-16-11-15-3-1-2-4-17(15)22-16)24-8-5-23(6-9-24)7-10-25-14-19-13-21-25/h1-4,11,13-14,22H,5-10,12H2,(H,20,26). The zero-order chi connectivity index (χ0) is 17.8. The van der Waals surface area contributed by atoms with Crippen molar-refractivity contribution in [1.82, 2.24) is 34.9 Å². The third kappa shape index (κ3) is 3.85. The molecule has 0 spiro atoms. The molecule has 1 aromatic carbocycles. The van der Waals surface area contributed by atoms with Gasteiger partial charge in [-0.2, -0.15) is 5.10 Å². The molecular formula is C18H23N7O. The Morgan fingerprint density at radius 2 is 2.00 bits per heavy atom. The highest BCUT2D eigenvalue weighted by atomic mass is 16.2. The average Bonchev–Trinajstić information content (AvgIpc) is 3.34. The number of amides is 2. The fraction of sp³-hybridized carbons (Fsp3) is 0.389. The minimum atomic E-state index is -0.000387. The molecule has 2 amide bonds. The first-order valence-electron chi connectivity index (χ1n) is 8.92. The van der Waals surface area contributed by atoms with E-state index < -0.39 is 0 Å². The summed E-state index contributed by atoms with van der Waals surface area (Å²) in [7, 11) is 0. The van der Waals surface area contributed by atoms with Crippen molar-refractivity contribution < 1.29 is 4.79 Å². The first-order valence-corrected chi connectivity index (χ1v) is 8.92. The maximum absolute atomic E-state index is 12.4. The molecule has 3 aromatic rings. The van der Waals surface area contributed by atoms with E-state index in [1.165, 1.54) is 0 Å². The predicted octanol–water partition coefficient (Wildman–Crippen LogP) is 1.29. The minimum Gasteiger partial charge on any atom is -0.357 e. The summed E-state index contributed by atoms with van der Waals surface area (Å²) in [5, 5.41) is 8.29. The number of nitrogens with zero attached hydrogens (tertiary/aromatic N) is 5. The Morgan fingerprint density at radius 1 is 1.15 bits per heavy atom. The van der Waals surface area contributed by atoms with Crippen molar-refractivity contribution in [1.29, 1.82) is 0 Å². The van der Waals surface area contributed by atoms with Crippen LogP contribution in [0.5, 0.6) is 0 Å². The van der Waals surface area contributed by atoms with Gasteiger partial charge >= 0.3 is 6.03 Å². The molecule has 0 radical (unpaired) electrons. The van der Waals surface area contributed by atoms with Crippen LogP contribution >= 0.6 is 0 Å². The molecule has 1 fully saturated rings. The summed E-state index contributed by atoms with van der Waals surface area (Å²) in [6, 6.07) is 10.2. The van der Waals surface area contributed by atoms with Gasteiger partial charge in [0, 0.05) is 43.9 Å². The quantitative estimate of drug-likeness (QED) is 0.724. The SMILES string of the molecule is O=C(NCc1cc2ccccc2[nH]1)N1CCN(CCn2cncn2)CC1. The molecule has 0 saturated carbocycles. The molecule has 1 aliphatic rings. The number of nitrogens with one attached hydrogen (secondary N) is 2. The van der Waals surface area contributed by atoms with Gasteiger partial charge in [0.15, 0.2) is 0 Å². The molecule has 1 saturated heterocycles. The van der Waals surface area contributed by atoms with Gasteiger partial charge in [-0.25, -0.2) is 9.78 Å². The van der Waals surface area contributed by atoms with E-state index in [1.54, 1.807) is 12.7 Å². The Kier molecular flexibility index (Phi) is 4.83. The van der Waals surface area contributed by atoms with Gasteiger partial charge in [-0.3, -0.25) is 9.58 Å². The normalized spacial score (nSPS) is 15.5. The Balaban J connectivity index is 1.22. The fourth-order valence-corrected chi connectivity index (χ4v) is 3.28. The van der Waals surface area contributed by atoms with E-state index in [1.807, 2.05) is 27.8 Å². The van der Waals surface area contributed by atoms with Crippen LogP contribution < -0.4 is 5.32 Å². The molecule has 0 atom stereocenters. The number of hydrogen-bond donors (Lipinski definition) is 2. The number of para-hydroxylation sites is 1. The number of fused-ring (bicyclic) bond motifs is 1. The number of piperazine rings is 1. The highest BCUT2D eigenvalue weighted by Gasteiger charge is 2.20. The highest BCUT2D eigenvalue weighted by molar-refractivity contribution is 5.80. The Morgan fingerprint density at radius 3 is 2.77 bits per heavy atom. The topological polar surface area (TPSA) is 82.1 Å². The van der Waals surface area contributed by atoms with Crippen LogP contribution in [0.4, 0.5) is 4.79 Å². The van der Waals surface area contributed by atoms with Crippen LogP contribution in [0, 0.1) is 0 Å². The predicted molar refractivity (Wildman–Crippen MR) is 98.6 cm³/mol. The summed E-state index contributed by atoms with van der Waals surface area (Å²) in [5.41, 5.74) is 2.11. The summed E-state index contributed by atoms with van der Waals surface area (Å²) >= 11 is 0. The Labute approximate surface area is 151 Å². The van der Waals surface area contributed by atoms with Gasteiger partial charge < -0.3 is 15.2 Å². The largest absolute Gasteiger partial charge is 0.357 e. The molecule has 0 aliphatic carbocycles. The first-order chi connectivity index (χ1) is 12.8. The molecule has 2 N–H and O–H groups in total. The number of carbonyl (C=O) groups is 1. The van der Waals surface area contributed by atoms with E-state index in [2.05, 4.69) is 37.4 Å². The van der Waals surface area contributed by atoms with Crippen molar-refractivity contribution in [3.05, 3.63) is 48.7 Å². The summed E-state index contributed by atoms with van der Waals surface area (Å²) in [5.74, 6) is 0. The summed E-state index contributed by atoms with van der Waals surface area (Å²) in [6.07, 6.45) is 3.28. The number of rotatable bonds is 5. The molecule has 4 rings (SSSR count). The second kappa shape index (κ2) is 7.57. The lowest BCUT2D eigenvalue weighted by atomic mass is 10.2. The van der Waals surface area contributed by atoms with E-state index in [-0.39, 0.29) is 6.03 Å². The highest BCUT2D eigenvalue weighted by Crippen LogP contribution is 2.14. The van der Waals surface area contributed by atoms with Crippen LogP contribution in [0.3, 0.4) is 0 Å². The number of hydrogen-bond acceptors (Lipinski definition) is 4. The average molecular weight is 353 g/mol. The maximum Gasteiger partial charge on any atom is 0.317 e. The second-order valence-electron chi connectivity index (χ2n) is 6.53. The first kappa shape index (κ1) is 16.6. The molecule has 136 valence electrons. The van der Waals surface area contributed by atoms with E-state index >= 15 is 0 Å². The Hall–Kier alpha value is -2.87.